The number of fused-ring (bicyclic) bond motifs is 2. The van der Waals surface area contributed by atoms with Crippen LogP contribution in [0.2, 0.25) is 0 Å². The van der Waals surface area contributed by atoms with Gasteiger partial charge in [-0.05, 0) is 71.5 Å². The molecule has 6 aromatic carbocycles. The van der Waals surface area contributed by atoms with Crippen molar-refractivity contribution in [3.8, 4) is 0 Å². The minimum Gasteiger partial charge on any atom is -0.390 e. The molecule has 3 heterocycles. The van der Waals surface area contributed by atoms with Gasteiger partial charge in [-0.25, -0.2) is 0 Å². The molecule has 2 unspecified atom stereocenters. The van der Waals surface area contributed by atoms with Crippen LogP contribution in [0.25, 0.3) is 45.1 Å². The second-order valence-electron chi connectivity index (χ2n) is 15.6. The van der Waals surface area contributed by atoms with Gasteiger partial charge in [0.1, 0.15) is 0 Å². The Bertz CT molecular complexity index is 2720. The molecule has 314 valence electrons. The fourth-order valence-corrected chi connectivity index (χ4v) is 11.3. The van der Waals surface area contributed by atoms with Crippen molar-refractivity contribution in [3.63, 3.8) is 0 Å². The van der Waals surface area contributed by atoms with Crippen LogP contribution in [-0.2, 0) is 13.1 Å². The van der Waals surface area contributed by atoms with Crippen molar-refractivity contribution in [1.29, 1.82) is 0 Å². The topological polar surface area (TPSA) is 76.1 Å². The van der Waals surface area contributed by atoms with E-state index in [1.54, 1.807) is 0 Å². The number of nitrogens with zero attached hydrogens (tertiary/aromatic N) is 4. The Balaban J connectivity index is 0.864. The molecule has 0 aliphatic rings. The molecule has 9 heteroatoms. The lowest BCUT2D eigenvalue weighted by atomic mass is 9.95. The maximum atomic E-state index is 11.4. The highest BCUT2D eigenvalue weighted by molar-refractivity contribution is 8.03. The highest BCUT2D eigenvalue weighted by atomic mass is 32.2. The van der Waals surface area contributed by atoms with Gasteiger partial charge in [-0.3, -0.25) is 0 Å². The summed E-state index contributed by atoms with van der Waals surface area (Å²) in [6, 6.07) is 58.9. The molecule has 0 spiro atoms. The number of aliphatic hydroxyl groups is 2. The second-order valence-corrected chi connectivity index (χ2v) is 19.1. The smallest absolute Gasteiger partial charge is 0.175 e. The first-order valence-corrected chi connectivity index (χ1v) is 24.0. The number of rotatable bonds is 16. The normalized spacial score (nSPS) is 12.4. The van der Waals surface area contributed by atoms with Crippen LogP contribution in [0.4, 0.5) is 0 Å². The summed E-state index contributed by atoms with van der Waals surface area (Å²) in [6.45, 7) is 5.20. The molecule has 2 N–H and O–H groups in total. The summed E-state index contributed by atoms with van der Waals surface area (Å²) in [5.41, 5.74) is 13.7. The number of benzene rings is 6. The molecule has 0 aliphatic carbocycles. The number of aromatic nitrogens is 4. The Morgan fingerprint density at radius 3 is 1.16 bits per heavy atom. The van der Waals surface area contributed by atoms with E-state index in [9.17, 15) is 10.2 Å². The molecule has 0 radical (unpaired) electrons. The van der Waals surface area contributed by atoms with Gasteiger partial charge in [0, 0.05) is 68.9 Å². The number of para-hydroxylation sites is 2. The monoisotopic (exact) mass is 880 g/mol. The highest BCUT2D eigenvalue weighted by Gasteiger charge is 2.20. The Morgan fingerprint density at radius 1 is 0.492 bits per heavy atom. The van der Waals surface area contributed by atoms with Gasteiger partial charge >= 0.3 is 0 Å². The quantitative estimate of drug-likeness (QED) is 0.0942. The Morgan fingerprint density at radius 2 is 0.810 bits per heavy atom. The molecule has 9 rings (SSSR count). The first-order valence-electron chi connectivity index (χ1n) is 21.2. The van der Waals surface area contributed by atoms with Crippen LogP contribution < -0.4 is 0 Å². The molecule has 0 saturated carbocycles. The van der Waals surface area contributed by atoms with Crippen molar-refractivity contribution in [1.82, 2.24) is 19.3 Å². The van der Waals surface area contributed by atoms with Gasteiger partial charge in [-0.1, -0.05) is 193 Å². The number of hydrogen-bond donors (Lipinski definition) is 2. The van der Waals surface area contributed by atoms with Crippen LogP contribution in [-0.4, -0.2) is 53.3 Å². The fourth-order valence-electron chi connectivity index (χ4n) is 8.35. The van der Waals surface area contributed by atoms with Crippen molar-refractivity contribution in [2.45, 2.75) is 47.8 Å². The Labute approximate surface area is 381 Å². The van der Waals surface area contributed by atoms with Gasteiger partial charge in [-0.15, -0.1) is 10.2 Å². The minimum atomic E-state index is -0.610. The lowest BCUT2D eigenvalue weighted by molar-refractivity contribution is 0.178. The number of hydrogen-bond acceptors (Lipinski definition) is 7. The molecular weight excluding hydrogens is 833 g/mol. The Hall–Kier alpha value is -5.94. The Kier molecular flexibility index (Phi) is 13.2. The van der Waals surface area contributed by atoms with Gasteiger partial charge in [0.25, 0.3) is 0 Å². The molecule has 0 fully saturated rings. The minimum absolute atomic E-state index is 0.455. The summed E-state index contributed by atoms with van der Waals surface area (Å²) >= 11 is 4.55. The summed E-state index contributed by atoms with van der Waals surface area (Å²) in [5.74, 6) is 0.955. The van der Waals surface area contributed by atoms with E-state index in [4.69, 9.17) is 0 Å². The van der Waals surface area contributed by atoms with E-state index in [-0.39, 0.29) is 0 Å². The average Bonchev–Trinajstić information content (AvgIpc) is 3.98. The predicted molar refractivity (Wildman–Crippen MR) is 266 cm³/mol. The highest BCUT2D eigenvalue weighted by Crippen LogP contribution is 2.36. The maximum Gasteiger partial charge on any atom is 0.175 e. The number of aliphatic hydroxyl groups excluding tert-OH is 2. The van der Waals surface area contributed by atoms with Gasteiger partial charge in [-0.2, -0.15) is 0 Å². The summed E-state index contributed by atoms with van der Waals surface area (Å²) in [6.07, 6.45) is 3.37. The zero-order chi connectivity index (χ0) is 43.1. The van der Waals surface area contributed by atoms with Crippen LogP contribution in [0.15, 0.2) is 179 Å². The third-order valence-corrected chi connectivity index (χ3v) is 14.9. The van der Waals surface area contributed by atoms with Crippen molar-refractivity contribution in [3.05, 3.63) is 215 Å². The summed E-state index contributed by atoms with van der Waals surface area (Å²) in [7, 11) is 0. The van der Waals surface area contributed by atoms with Gasteiger partial charge < -0.3 is 19.3 Å². The maximum absolute atomic E-state index is 11.4. The lowest BCUT2D eigenvalue weighted by Gasteiger charge is -2.14. The number of thioether (sulfide) groups is 2. The second kappa shape index (κ2) is 19.6. The van der Waals surface area contributed by atoms with Crippen molar-refractivity contribution in [2.24, 2.45) is 0 Å². The molecule has 0 aliphatic heterocycles. The van der Waals surface area contributed by atoms with Crippen LogP contribution in [0.1, 0.15) is 44.8 Å². The molecule has 6 nitrogen and oxygen atoms in total. The fraction of sp³-hybridized carbons (Fsp3) is 0.148. The van der Waals surface area contributed by atoms with Crippen LogP contribution in [0.5, 0.6) is 0 Å². The molecule has 0 amide bonds. The van der Waals surface area contributed by atoms with E-state index < -0.39 is 12.2 Å². The first-order chi connectivity index (χ1) is 30.9. The third kappa shape index (κ3) is 9.54. The lowest BCUT2D eigenvalue weighted by Crippen LogP contribution is -2.19. The zero-order valence-corrected chi connectivity index (χ0v) is 37.7. The molecule has 0 bridgehead atoms. The van der Waals surface area contributed by atoms with Crippen LogP contribution in [0.3, 0.4) is 0 Å². The molecular formula is C54H48N4O2S3. The van der Waals surface area contributed by atoms with Crippen LogP contribution >= 0.6 is 34.9 Å². The molecule has 9 aromatic rings. The standard InChI is InChI=1S/C54H48N4O2S3/c1-37-47(31-49(39-19-7-3-8-20-39)40-21-9-4-10-22-40)45-27-15-17-29-51(45)57(37)33-43(59)35-61-53-55-56-54(63-53)62-36-44(60)34-58-38(2)48(46-28-16-18-30-52(46)58)32-50(41-23-11-5-12-24-41)42-25-13-6-14-26-42/h3-32,43-44,59-60H,33-36H2,1-2H3. The molecule has 2 atom stereocenters. The van der Waals surface area contributed by atoms with E-state index in [0.29, 0.717) is 24.6 Å². The average molecular weight is 881 g/mol. The first kappa shape index (κ1) is 42.4. The zero-order valence-electron chi connectivity index (χ0n) is 35.2. The van der Waals surface area contributed by atoms with Gasteiger partial charge in [0.05, 0.1) is 12.2 Å². The largest absolute Gasteiger partial charge is 0.390 e. The SMILES string of the molecule is Cc1c(C=C(c2ccccc2)c2ccccc2)c2ccccc2n1CC(O)CSc1nnc(SCC(O)Cn2c(C)c(C=C(c3ccccc3)c3ccccc3)c3ccccc32)s1. The van der Waals surface area contributed by atoms with Gasteiger partial charge in [0.2, 0.25) is 0 Å². The van der Waals surface area contributed by atoms with Crippen molar-refractivity contribution < 1.29 is 10.2 Å². The van der Waals surface area contributed by atoms with E-state index in [1.165, 1.54) is 34.9 Å². The van der Waals surface area contributed by atoms with Crippen LogP contribution in [0, 0.1) is 13.8 Å². The van der Waals surface area contributed by atoms with Gasteiger partial charge in [0.15, 0.2) is 8.68 Å². The van der Waals surface area contributed by atoms with E-state index in [0.717, 1.165) is 86.4 Å². The van der Waals surface area contributed by atoms with E-state index in [2.05, 4.69) is 191 Å². The van der Waals surface area contributed by atoms with Crippen molar-refractivity contribution in [2.75, 3.05) is 11.5 Å². The molecule has 3 aromatic heterocycles. The van der Waals surface area contributed by atoms with Crippen molar-refractivity contribution >= 4 is 80.0 Å². The third-order valence-electron chi connectivity index (χ3n) is 11.4. The predicted octanol–water partition coefficient (Wildman–Crippen LogP) is 12.5. The van der Waals surface area contributed by atoms with E-state index in [1.807, 2.05) is 24.3 Å². The molecule has 0 saturated heterocycles. The molecule has 63 heavy (non-hydrogen) atoms. The summed E-state index contributed by atoms with van der Waals surface area (Å²) in [4.78, 5) is 0. The van der Waals surface area contributed by atoms with E-state index >= 15 is 0 Å². The summed E-state index contributed by atoms with van der Waals surface area (Å²) in [5, 5.41) is 34.1. The summed E-state index contributed by atoms with van der Waals surface area (Å²) < 4.78 is 6.08.